The molecule has 0 saturated carbocycles. The van der Waals surface area contributed by atoms with Crippen molar-refractivity contribution in [2.45, 2.75) is 226 Å². The molecule has 0 bridgehead atoms. The van der Waals surface area contributed by atoms with E-state index in [1.165, 1.54) is 25.7 Å². The van der Waals surface area contributed by atoms with Gasteiger partial charge in [-0.1, -0.05) is 130 Å². The van der Waals surface area contributed by atoms with Crippen LogP contribution in [-0.2, 0) is 54.1 Å². The van der Waals surface area contributed by atoms with Crippen LogP contribution < -0.4 is 9.47 Å². The van der Waals surface area contributed by atoms with Crippen LogP contribution in [-0.4, -0.2) is 108 Å². The molecule has 13 nitrogen and oxygen atoms in total. The average Bonchev–Trinajstić information content (AvgIpc) is 3.31. The Morgan fingerprint density at radius 2 is 0.691 bits per heavy atom. The Bertz CT molecular complexity index is 1240. The molecule has 0 atom stereocenters. The van der Waals surface area contributed by atoms with Crippen LogP contribution >= 0.6 is 0 Å². The van der Waals surface area contributed by atoms with E-state index < -0.39 is 12.2 Å². The predicted octanol–water partition coefficient (Wildman–Crippen LogP) is 12.5. The van der Waals surface area contributed by atoms with E-state index in [-0.39, 0.29) is 50.3 Å². The van der Waals surface area contributed by atoms with Crippen molar-refractivity contribution in [2.75, 3.05) is 67.0 Å². The summed E-state index contributed by atoms with van der Waals surface area (Å²) in [6, 6.07) is 5.97. The molecule has 0 aliphatic heterocycles. The minimum absolute atomic E-state index is 0.0516. The normalized spacial score (nSPS) is 11.4. The average molecular weight is 964 g/mol. The molecule has 0 amide bonds. The first kappa shape index (κ1) is 62.6. The lowest BCUT2D eigenvalue weighted by molar-refractivity contribution is -0.157. The van der Waals surface area contributed by atoms with Gasteiger partial charge in [0, 0.05) is 51.5 Å². The van der Waals surface area contributed by atoms with Crippen molar-refractivity contribution >= 4 is 23.9 Å². The molecule has 0 spiro atoms. The molecule has 0 radical (unpaired) electrons. The van der Waals surface area contributed by atoms with E-state index in [2.05, 4.69) is 32.6 Å². The van der Waals surface area contributed by atoms with E-state index in [1.54, 1.807) is 0 Å². The van der Waals surface area contributed by atoms with Crippen molar-refractivity contribution < 1.29 is 57.1 Å². The van der Waals surface area contributed by atoms with Crippen LogP contribution in [0.1, 0.15) is 213 Å². The van der Waals surface area contributed by atoms with Crippen molar-refractivity contribution in [2.24, 2.45) is 0 Å². The number of esters is 4. The zero-order chi connectivity index (χ0) is 49.7. The number of rotatable bonds is 48. The van der Waals surface area contributed by atoms with Gasteiger partial charge in [-0.3, -0.25) is 19.2 Å². The smallest absolute Gasteiger partial charge is 0.305 e. The van der Waals surface area contributed by atoms with Crippen LogP contribution in [0.15, 0.2) is 18.2 Å². The molecule has 0 unspecified atom stereocenters. The quantitative estimate of drug-likeness (QED) is 0.0347. The first-order valence-corrected chi connectivity index (χ1v) is 27.0. The second-order valence-electron chi connectivity index (χ2n) is 18.5. The van der Waals surface area contributed by atoms with Crippen LogP contribution in [0, 0.1) is 0 Å². The van der Waals surface area contributed by atoms with E-state index in [9.17, 15) is 19.2 Å². The SMILES string of the molecule is CCCCCCCC(=O)OCC(COC(=O)CCCCCCC)OCCCCOc1cc(CN(C)C)cc(OCCCCOC(COC(=O)CCCCCCC)COC(=O)CCCCCCC)c1. The summed E-state index contributed by atoms with van der Waals surface area (Å²) in [5.41, 5.74) is 1.07. The molecule has 1 aromatic rings. The number of carbonyl (C=O) groups is 4. The second-order valence-corrected chi connectivity index (χ2v) is 18.5. The van der Waals surface area contributed by atoms with Gasteiger partial charge >= 0.3 is 23.9 Å². The van der Waals surface area contributed by atoms with Gasteiger partial charge < -0.3 is 42.8 Å². The summed E-state index contributed by atoms with van der Waals surface area (Å²) in [6.07, 6.45) is 24.4. The summed E-state index contributed by atoms with van der Waals surface area (Å²) in [5, 5.41) is 0. The number of benzene rings is 1. The molecule has 0 aliphatic carbocycles. The van der Waals surface area contributed by atoms with Crippen LogP contribution in [0.2, 0.25) is 0 Å². The lowest BCUT2D eigenvalue weighted by Crippen LogP contribution is -2.29. The van der Waals surface area contributed by atoms with Gasteiger partial charge in [0.05, 0.1) is 13.2 Å². The van der Waals surface area contributed by atoms with Crippen LogP contribution in [0.3, 0.4) is 0 Å². The van der Waals surface area contributed by atoms with Crippen molar-refractivity contribution in [3.05, 3.63) is 23.8 Å². The largest absolute Gasteiger partial charge is 0.493 e. The number of carbonyl (C=O) groups excluding carboxylic acids is 4. The van der Waals surface area contributed by atoms with Gasteiger partial charge in [0.2, 0.25) is 0 Å². The number of hydrogen-bond acceptors (Lipinski definition) is 13. The fraction of sp³-hybridized carbons (Fsp3) is 0.818. The Morgan fingerprint density at radius 1 is 0.397 bits per heavy atom. The molecule has 0 N–H and O–H groups in total. The van der Waals surface area contributed by atoms with Gasteiger partial charge in [-0.2, -0.15) is 0 Å². The first-order valence-electron chi connectivity index (χ1n) is 27.0. The van der Waals surface area contributed by atoms with Crippen LogP contribution in [0.4, 0.5) is 0 Å². The maximum Gasteiger partial charge on any atom is 0.305 e. The lowest BCUT2D eigenvalue weighted by atomic mass is 10.1. The molecular formula is C55H97NO12. The van der Waals surface area contributed by atoms with E-state index >= 15 is 0 Å². The Hall–Kier alpha value is -3.42. The molecule has 0 heterocycles. The fourth-order valence-corrected chi connectivity index (χ4v) is 7.35. The third kappa shape index (κ3) is 38.4. The molecule has 0 saturated heterocycles. The molecular weight excluding hydrogens is 867 g/mol. The molecule has 13 heteroatoms. The number of nitrogens with zero attached hydrogens (tertiary/aromatic N) is 1. The molecule has 1 rings (SSSR count). The van der Waals surface area contributed by atoms with Gasteiger partial charge in [-0.25, -0.2) is 0 Å². The van der Waals surface area contributed by atoms with Gasteiger partial charge in [0.25, 0.3) is 0 Å². The summed E-state index contributed by atoms with van der Waals surface area (Å²) in [6.45, 7) is 11.4. The van der Waals surface area contributed by atoms with Gasteiger partial charge in [0.1, 0.15) is 50.1 Å². The summed E-state index contributed by atoms with van der Waals surface area (Å²) in [5.74, 6) is 0.450. The minimum atomic E-state index is -0.529. The van der Waals surface area contributed by atoms with Gasteiger partial charge in [-0.05, 0) is 83.2 Å². The molecule has 0 aliphatic rings. The molecule has 1 aromatic carbocycles. The minimum Gasteiger partial charge on any atom is -0.493 e. The highest BCUT2D eigenvalue weighted by Gasteiger charge is 2.18. The van der Waals surface area contributed by atoms with E-state index in [0.29, 0.717) is 65.0 Å². The van der Waals surface area contributed by atoms with Gasteiger partial charge in [-0.15, -0.1) is 0 Å². The molecule has 0 aromatic heterocycles. The van der Waals surface area contributed by atoms with Crippen molar-refractivity contribution in [3.8, 4) is 11.5 Å². The zero-order valence-corrected chi connectivity index (χ0v) is 43.9. The standard InChI is InChI=1S/C55H97NO12/c1-7-11-15-19-23-31-52(57)65-43-50(44-66-53(58)32-24-20-16-12-8-2)63-37-29-27-35-61-48-39-47(42-56(5)6)40-49(41-48)62-36-28-30-38-64-51(45-67-54(59)33-25-21-17-13-9-3)46-68-55(60)34-26-22-18-14-10-4/h39-41,50-51H,7-38,42-46H2,1-6H3. The highest BCUT2D eigenvalue weighted by Crippen LogP contribution is 2.25. The summed E-state index contributed by atoms with van der Waals surface area (Å²) >= 11 is 0. The number of hydrogen-bond donors (Lipinski definition) is 0. The Balaban J connectivity index is 2.65. The first-order chi connectivity index (χ1) is 33.1. The summed E-state index contributed by atoms with van der Waals surface area (Å²) in [7, 11) is 4.04. The molecule has 394 valence electrons. The van der Waals surface area contributed by atoms with Crippen LogP contribution in [0.25, 0.3) is 0 Å². The second kappa shape index (κ2) is 44.8. The maximum atomic E-state index is 12.4. The van der Waals surface area contributed by atoms with Crippen molar-refractivity contribution in [1.29, 1.82) is 0 Å². The van der Waals surface area contributed by atoms with Crippen molar-refractivity contribution in [1.82, 2.24) is 4.90 Å². The van der Waals surface area contributed by atoms with Crippen LogP contribution in [0.5, 0.6) is 11.5 Å². The fourth-order valence-electron chi connectivity index (χ4n) is 7.35. The zero-order valence-electron chi connectivity index (χ0n) is 43.9. The third-order valence-electron chi connectivity index (χ3n) is 11.4. The van der Waals surface area contributed by atoms with E-state index in [4.69, 9.17) is 37.9 Å². The summed E-state index contributed by atoms with van der Waals surface area (Å²) in [4.78, 5) is 51.8. The lowest BCUT2D eigenvalue weighted by Gasteiger charge is -2.19. The number of ether oxygens (including phenoxy) is 8. The predicted molar refractivity (Wildman–Crippen MR) is 270 cm³/mol. The van der Waals surface area contributed by atoms with E-state index in [0.717, 1.165) is 139 Å². The topological polar surface area (TPSA) is 145 Å². The monoisotopic (exact) mass is 964 g/mol. The molecule has 68 heavy (non-hydrogen) atoms. The maximum absolute atomic E-state index is 12.4. The van der Waals surface area contributed by atoms with Gasteiger partial charge in [0.15, 0.2) is 0 Å². The van der Waals surface area contributed by atoms with E-state index in [1.807, 2.05) is 32.3 Å². The Labute approximate surface area is 413 Å². The Morgan fingerprint density at radius 3 is 0.985 bits per heavy atom. The highest BCUT2D eigenvalue weighted by molar-refractivity contribution is 5.70. The Kier molecular flexibility index (Phi) is 41.2. The number of unbranched alkanes of at least 4 members (excludes halogenated alkanes) is 18. The van der Waals surface area contributed by atoms with Crippen molar-refractivity contribution in [3.63, 3.8) is 0 Å². The third-order valence-corrected chi connectivity index (χ3v) is 11.4. The highest BCUT2D eigenvalue weighted by atomic mass is 16.6. The molecule has 0 fully saturated rings. The summed E-state index contributed by atoms with van der Waals surface area (Å²) < 4.78 is 46.7.